The Kier molecular flexibility index (Phi) is 2.56. The third-order valence-corrected chi connectivity index (χ3v) is 5.80. The van der Waals surface area contributed by atoms with Gasteiger partial charge < -0.3 is 4.74 Å². The van der Waals surface area contributed by atoms with E-state index in [-0.39, 0.29) is 12.2 Å². The van der Waals surface area contributed by atoms with E-state index in [9.17, 15) is 8.42 Å². The fourth-order valence-corrected chi connectivity index (χ4v) is 4.75. The van der Waals surface area contributed by atoms with Gasteiger partial charge in [0.2, 0.25) is 10.0 Å². The Hall–Kier alpha value is -0.910. The quantitative estimate of drug-likeness (QED) is 0.761. The molecule has 0 radical (unpaired) electrons. The molecule has 18 heavy (non-hydrogen) atoms. The molecule has 2 aliphatic heterocycles. The van der Waals surface area contributed by atoms with Gasteiger partial charge >= 0.3 is 0 Å². The first-order chi connectivity index (χ1) is 8.39. The monoisotopic (exact) mass is 267 g/mol. The van der Waals surface area contributed by atoms with Gasteiger partial charge in [-0.05, 0) is 31.9 Å². The van der Waals surface area contributed by atoms with E-state index in [1.165, 1.54) is 0 Å². The summed E-state index contributed by atoms with van der Waals surface area (Å²) in [5, 5.41) is 0. The van der Waals surface area contributed by atoms with Crippen LogP contribution in [0.4, 0.5) is 0 Å². The molecular formula is C13H17NO3S. The van der Waals surface area contributed by atoms with Gasteiger partial charge in [-0.2, -0.15) is 4.31 Å². The largest absolute Gasteiger partial charge is 0.367 e. The van der Waals surface area contributed by atoms with Crippen molar-refractivity contribution in [3.05, 3.63) is 28.8 Å². The molecule has 4 nitrogen and oxygen atoms in total. The summed E-state index contributed by atoms with van der Waals surface area (Å²) < 4.78 is 32.1. The number of aryl methyl sites for hydroxylation is 3. The Morgan fingerprint density at radius 3 is 2.11 bits per heavy atom. The molecule has 0 bridgehead atoms. The van der Waals surface area contributed by atoms with Gasteiger partial charge in [-0.15, -0.1) is 0 Å². The van der Waals surface area contributed by atoms with Crippen molar-refractivity contribution >= 4 is 10.0 Å². The highest BCUT2D eigenvalue weighted by molar-refractivity contribution is 7.89. The minimum atomic E-state index is -3.37. The van der Waals surface area contributed by atoms with E-state index in [2.05, 4.69) is 0 Å². The number of sulfonamides is 1. The lowest BCUT2D eigenvalue weighted by molar-refractivity contribution is 0.272. The van der Waals surface area contributed by atoms with E-state index in [1.54, 1.807) is 4.31 Å². The van der Waals surface area contributed by atoms with E-state index in [0.717, 1.165) is 16.7 Å². The normalized spacial score (nSPS) is 27.3. The number of morpholine rings is 1. The van der Waals surface area contributed by atoms with E-state index >= 15 is 0 Å². The van der Waals surface area contributed by atoms with Crippen LogP contribution in [0.15, 0.2) is 17.0 Å². The van der Waals surface area contributed by atoms with Crippen LogP contribution in [-0.2, 0) is 14.8 Å². The first kappa shape index (κ1) is 12.1. The molecule has 5 heteroatoms. The Balaban J connectivity index is 2.03. The summed E-state index contributed by atoms with van der Waals surface area (Å²) in [5.74, 6) is 0. The lowest BCUT2D eigenvalue weighted by Gasteiger charge is -2.20. The lowest BCUT2D eigenvalue weighted by atomic mass is 10.1. The SMILES string of the molecule is Cc1cc(C)c(S(=O)(=O)N2CC3OC3C2)c(C)c1. The van der Waals surface area contributed by atoms with Gasteiger partial charge in [0.05, 0.1) is 17.1 Å². The molecule has 0 aliphatic carbocycles. The molecular weight excluding hydrogens is 250 g/mol. The second kappa shape index (κ2) is 3.79. The van der Waals surface area contributed by atoms with Crippen LogP contribution in [0.5, 0.6) is 0 Å². The standard InChI is InChI=1S/C13H17NO3S/c1-8-4-9(2)13(10(3)5-8)18(15,16)14-6-11-12(7-14)17-11/h4-5,11-12H,6-7H2,1-3H3. The molecule has 2 heterocycles. The van der Waals surface area contributed by atoms with Crippen molar-refractivity contribution in [2.45, 2.75) is 37.9 Å². The fourth-order valence-electron chi connectivity index (χ4n) is 2.88. The number of ether oxygens (including phenoxy) is 1. The maximum atomic E-state index is 12.6. The van der Waals surface area contributed by atoms with Crippen molar-refractivity contribution in [1.82, 2.24) is 4.31 Å². The van der Waals surface area contributed by atoms with Crippen LogP contribution >= 0.6 is 0 Å². The smallest absolute Gasteiger partial charge is 0.243 e. The van der Waals surface area contributed by atoms with Gasteiger partial charge in [-0.3, -0.25) is 0 Å². The molecule has 2 unspecified atom stereocenters. The Morgan fingerprint density at radius 1 is 1.11 bits per heavy atom. The van der Waals surface area contributed by atoms with Gasteiger partial charge in [0.15, 0.2) is 0 Å². The Morgan fingerprint density at radius 2 is 1.61 bits per heavy atom. The second-order valence-corrected chi connectivity index (χ2v) is 7.14. The average Bonchev–Trinajstić information content (AvgIpc) is 2.83. The van der Waals surface area contributed by atoms with Gasteiger partial charge in [0, 0.05) is 13.1 Å². The van der Waals surface area contributed by atoms with Crippen LogP contribution in [0.1, 0.15) is 16.7 Å². The minimum Gasteiger partial charge on any atom is -0.367 e. The highest BCUT2D eigenvalue weighted by atomic mass is 32.2. The molecule has 0 amide bonds. The van der Waals surface area contributed by atoms with Crippen molar-refractivity contribution in [3.63, 3.8) is 0 Å². The molecule has 1 aromatic rings. The summed E-state index contributed by atoms with van der Waals surface area (Å²) >= 11 is 0. The van der Waals surface area contributed by atoms with Crippen molar-refractivity contribution in [2.24, 2.45) is 0 Å². The summed E-state index contributed by atoms with van der Waals surface area (Å²) in [7, 11) is -3.37. The van der Waals surface area contributed by atoms with Crippen LogP contribution in [0.3, 0.4) is 0 Å². The zero-order valence-electron chi connectivity index (χ0n) is 10.8. The van der Waals surface area contributed by atoms with Gasteiger partial charge in [0.25, 0.3) is 0 Å². The predicted octanol–water partition coefficient (Wildman–Crippen LogP) is 1.38. The summed E-state index contributed by atoms with van der Waals surface area (Å²) in [6, 6.07) is 3.85. The lowest BCUT2D eigenvalue weighted by Crippen LogP contribution is -2.32. The minimum absolute atomic E-state index is 0.130. The van der Waals surface area contributed by atoms with Crippen LogP contribution in [0.2, 0.25) is 0 Å². The molecule has 2 fully saturated rings. The van der Waals surface area contributed by atoms with E-state index < -0.39 is 10.0 Å². The number of hydrogen-bond acceptors (Lipinski definition) is 3. The molecule has 1 aromatic carbocycles. The summed E-state index contributed by atoms with van der Waals surface area (Å²) in [4.78, 5) is 0.467. The zero-order chi connectivity index (χ0) is 13.1. The fraction of sp³-hybridized carbons (Fsp3) is 0.538. The average molecular weight is 267 g/mol. The van der Waals surface area contributed by atoms with E-state index in [0.29, 0.717) is 18.0 Å². The molecule has 0 aromatic heterocycles. The van der Waals surface area contributed by atoms with E-state index in [4.69, 9.17) is 4.74 Å². The molecule has 3 rings (SSSR count). The molecule has 98 valence electrons. The number of fused-ring (bicyclic) bond motifs is 1. The van der Waals surface area contributed by atoms with Crippen LogP contribution in [0, 0.1) is 20.8 Å². The third-order valence-electron chi connectivity index (χ3n) is 3.66. The Labute approximate surface area is 108 Å². The van der Waals surface area contributed by atoms with E-state index in [1.807, 2.05) is 32.9 Å². The van der Waals surface area contributed by atoms with Crippen LogP contribution in [-0.4, -0.2) is 38.0 Å². The maximum Gasteiger partial charge on any atom is 0.243 e. The highest BCUT2D eigenvalue weighted by Crippen LogP contribution is 2.35. The van der Waals surface area contributed by atoms with Crippen molar-refractivity contribution < 1.29 is 13.2 Å². The van der Waals surface area contributed by atoms with Crippen LogP contribution < -0.4 is 0 Å². The third kappa shape index (κ3) is 1.77. The number of benzene rings is 1. The zero-order valence-corrected chi connectivity index (χ0v) is 11.6. The topological polar surface area (TPSA) is 49.9 Å². The van der Waals surface area contributed by atoms with Crippen LogP contribution in [0.25, 0.3) is 0 Å². The number of rotatable bonds is 2. The first-order valence-corrected chi connectivity index (χ1v) is 7.57. The van der Waals surface area contributed by atoms with Gasteiger partial charge in [-0.25, -0.2) is 8.42 Å². The summed E-state index contributed by atoms with van der Waals surface area (Å²) in [5.41, 5.74) is 2.75. The van der Waals surface area contributed by atoms with Crippen molar-refractivity contribution in [2.75, 3.05) is 13.1 Å². The molecule has 2 atom stereocenters. The summed E-state index contributed by atoms with van der Waals surface area (Å²) in [6.45, 7) is 6.70. The number of nitrogens with zero attached hydrogens (tertiary/aromatic N) is 1. The predicted molar refractivity (Wildman–Crippen MR) is 68.1 cm³/mol. The molecule has 0 spiro atoms. The molecule has 0 saturated carbocycles. The first-order valence-electron chi connectivity index (χ1n) is 6.13. The maximum absolute atomic E-state index is 12.6. The summed E-state index contributed by atoms with van der Waals surface area (Å²) in [6.07, 6.45) is 0.261. The van der Waals surface area contributed by atoms with Crippen molar-refractivity contribution in [3.8, 4) is 0 Å². The number of hydrogen-bond donors (Lipinski definition) is 0. The van der Waals surface area contributed by atoms with Crippen molar-refractivity contribution in [1.29, 1.82) is 0 Å². The number of epoxide rings is 1. The molecule has 2 aliphatic rings. The van der Waals surface area contributed by atoms with Gasteiger partial charge in [-0.1, -0.05) is 17.7 Å². The Bertz CT molecular complexity index is 576. The second-order valence-electron chi connectivity index (χ2n) is 5.26. The highest BCUT2D eigenvalue weighted by Gasteiger charge is 2.51. The molecule has 0 N–H and O–H groups in total. The van der Waals surface area contributed by atoms with Gasteiger partial charge in [0.1, 0.15) is 0 Å². The molecule has 2 saturated heterocycles.